The number of carbonyl (C=O) groups excluding carboxylic acids is 1. The number of methoxy groups -OCH3 is 1. The number of halogens is 1. The van der Waals surface area contributed by atoms with Gasteiger partial charge in [0.05, 0.1) is 16.5 Å². The summed E-state index contributed by atoms with van der Waals surface area (Å²) in [6.45, 7) is 1.81. The molecule has 0 spiro atoms. The van der Waals surface area contributed by atoms with Crippen LogP contribution in [0.5, 0.6) is 11.5 Å². The van der Waals surface area contributed by atoms with E-state index in [1.165, 1.54) is 31.4 Å². The summed E-state index contributed by atoms with van der Waals surface area (Å²) >= 11 is 3.22. The van der Waals surface area contributed by atoms with Crippen LogP contribution in [0.1, 0.15) is 11.1 Å². The summed E-state index contributed by atoms with van der Waals surface area (Å²) in [4.78, 5) is 22.5. The number of benzene rings is 3. The van der Waals surface area contributed by atoms with Gasteiger partial charge in [-0.15, -0.1) is 0 Å². The summed E-state index contributed by atoms with van der Waals surface area (Å²) in [7, 11) is -3.19. The Labute approximate surface area is 215 Å². The number of hydrogen-bond acceptors (Lipinski definition) is 8. The number of amides is 1. The second-order valence-electron chi connectivity index (χ2n) is 7.26. The predicted octanol–water partition coefficient (Wildman–Crippen LogP) is 4.99. The van der Waals surface area contributed by atoms with Gasteiger partial charge in [-0.25, -0.2) is 0 Å². The summed E-state index contributed by atoms with van der Waals surface area (Å²) in [6.07, 6.45) is 1.31. The van der Waals surface area contributed by atoms with Crippen molar-refractivity contribution in [3.8, 4) is 17.6 Å². The number of aryl methyl sites for hydroxylation is 1. The largest absolute Gasteiger partial charge is 0.493 e. The predicted molar refractivity (Wildman–Crippen MR) is 135 cm³/mol. The number of non-ortho nitro benzene ring substituents is 1. The van der Waals surface area contributed by atoms with E-state index in [1.54, 1.807) is 12.1 Å². The van der Waals surface area contributed by atoms with Crippen molar-refractivity contribution < 1.29 is 27.1 Å². The van der Waals surface area contributed by atoms with E-state index in [1.807, 2.05) is 25.1 Å². The summed E-state index contributed by atoms with van der Waals surface area (Å²) in [5.41, 5.74) is 1.09. The molecule has 184 valence electrons. The Bertz CT molecular complexity index is 1530. The van der Waals surface area contributed by atoms with Crippen LogP contribution in [-0.4, -0.2) is 26.4 Å². The molecule has 0 saturated heterocycles. The van der Waals surface area contributed by atoms with Crippen LogP contribution in [0.4, 0.5) is 11.4 Å². The van der Waals surface area contributed by atoms with Crippen molar-refractivity contribution in [2.45, 2.75) is 11.8 Å². The SMILES string of the molecule is COc1cc(/C=C(\C#N)C(=O)Nc2ccccc2C)cc(Br)c1OS(=O)(=O)c1cccc([N+](=O)[O-])c1. The Kier molecular flexibility index (Phi) is 8.08. The molecule has 3 rings (SSSR count). The fourth-order valence-electron chi connectivity index (χ4n) is 3.03. The second-order valence-corrected chi connectivity index (χ2v) is 9.67. The Hall–Kier alpha value is -4.21. The molecule has 0 saturated carbocycles. The van der Waals surface area contributed by atoms with Crippen LogP contribution in [0.2, 0.25) is 0 Å². The van der Waals surface area contributed by atoms with Crippen molar-refractivity contribution in [2.75, 3.05) is 12.4 Å². The van der Waals surface area contributed by atoms with Crippen LogP contribution in [0, 0.1) is 28.4 Å². The number of anilines is 1. The topological polar surface area (TPSA) is 149 Å². The molecule has 3 aromatic rings. The quantitative estimate of drug-likeness (QED) is 0.131. The molecule has 0 aliphatic rings. The molecule has 0 radical (unpaired) electrons. The van der Waals surface area contributed by atoms with E-state index in [4.69, 9.17) is 8.92 Å². The number of nitrogens with zero attached hydrogens (tertiary/aromatic N) is 2. The fourth-order valence-corrected chi connectivity index (χ4v) is 4.68. The van der Waals surface area contributed by atoms with Gasteiger partial charge in [0, 0.05) is 17.8 Å². The number of nitro benzene ring substituents is 1. The minimum atomic E-state index is -4.46. The fraction of sp³-hybridized carbons (Fsp3) is 0.0833. The first-order valence-electron chi connectivity index (χ1n) is 10.1. The normalized spacial score (nSPS) is 11.3. The summed E-state index contributed by atoms with van der Waals surface area (Å²) < 4.78 is 36.1. The average Bonchev–Trinajstić information content (AvgIpc) is 2.85. The van der Waals surface area contributed by atoms with Crippen molar-refractivity contribution in [3.63, 3.8) is 0 Å². The Morgan fingerprint density at radius 3 is 2.53 bits per heavy atom. The standard InChI is InChI=1S/C24H18BrN3O7S/c1-15-6-3-4-9-21(15)27-24(29)17(14-26)10-16-11-20(25)23(22(12-16)34-2)35-36(32,33)19-8-5-7-18(13-19)28(30)31/h3-13H,1-2H3,(H,27,29)/b17-10+. The molecule has 36 heavy (non-hydrogen) atoms. The molecule has 0 heterocycles. The van der Waals surface area contributed by atoms with E-state index in [0.29, 0.717) is 11.3 Å². The first-order chi connectivity index (χ1) is 17.1. The van der Waals surface area contributed by atoms with E-state index in [2.05, 4.69) is 21.2 Å². The highest BCUT2D eigenvalue weighted by Gasteiger charge is 2.24. The number of para-hydroxylation sites is 1. The second kappa shape index (κ2) is 11.0. The van der Waals surface area contributed by atoms with E-state index in [9.17, 15) is 28.6 Å². The molecule has 0 fully saturated rings. The lowest BCUT2D eigenvalue weighted by molar-refractivity contribution is -0.385. The highest BCUT2D eigenvalue weighted by molar-refractivity contribution is 9.10. The summed E-state index contributed by atoms with van der Waals surface area (Å²) in [6, 6.07) is 16.1. The molecular weight excluding hydrogens is 554 g/mol. The van der Waals surface area contributed by atoms with Gasteiger partial charge in [0.15, 0.2) is 11.5 Å². The lowest BCUT2D eigenvalue weighted by atomic mass is 10.1. The molecule has 1 N–H and O–H groups in total. The van der Waals surface area contributed by atoms with Crippen LogP contribution in [0.15, 0.2) is 75.6 Å². The number of nitriles is 1. The third-order valence-electron chi connectivity index (χ3n) is 4.83. The van der Waals surface area contributed by atoms with Crippen molar-refractivity contribution in [3.05, 3.63) is 92.0 Å². The maximum atomic E-state index is 12.8. The maximum absolute atomic E-state index is 12.8. The van der Waals surface area contributed by atoms with Gasteiger partial charge in [0.1, 0.15) is 16.5 Å². The van der Waals surface area contributed by atoms with Gasteiger partial charge in [-0.3, -0.25) is 14.9 Å². The Balaban J connectivity index is 1.93. The lowest BCUT2D eigenvalue weighted by Crippen LogP contribution is -2.14. The van der Waals surface area contributed by atoms with E-state index >= 15 is 0 Å². The molecule has 0 aromatic heterocycles. The molecule has 3 aromatic carbocycles. The molecule has 1 amide bonds. The molecule has 12 heteroatoms. The van der Waals surface area contributed by atoms with Crippen LogP contribution in [0.3, 0.4) is 0 Å². The zero-order chi connectivity index (χ0) is 26.5. The van der Waals surface area contributed by atoms with Gasteiger partial charge in [-0.1, -0.05) is 24.3 Å². The average molecular weight is 572 g/mol. The van der Waals surface area contributed by atoms with Crippen molar-refractivity contribution in [1.82, 2.24) is 0 Å². The molecule has 0 aliphatic heterocycles. The van der Waals surface area contributed by atoms with Crippen LogP contribution >= 0.6 is 15.9 Å². The number of rotatable bonds is 8. The maximum Gasteiger partial charge on any atom is 0.339 e. The summed E-state index contributed by atoms with van der Waals surface area (Å²) in [5.74, 6) is -0.874. The zero-order valence-electron chi connectivity index (χ0n) is 18.9. The minimum Gasteiger partial charge on any atom is -0.493 e. The molecule has 10 nitrogen and oxygen atoms in total. The molecule has 0 atom stereocenters. The van der Waals surface area contributed by atoms with Crippen LogP contribution < -0.4 is 14.2 Å². The van der Waals surface area contributed by atoms with Crippen LogP contribution in [-0.2, 0) is 14.9 Å². The number of nitro groups is 1. The van der Waals surface area contributed by atoms with Gasteiger partial charge in [0.25, 0.3) is 11.6 Å². The van der Waals surface area contributed by atoms with Crippen molar-refractivity contribution in [2.24, 2.45) is 0 Å². The van der Waals surface area contributed by atoms with Gasteiger partial charge < -0.3 is 14.2 Å². The lowest BCUT2D eigenvalue weighted by Gasteiger charge is -2.13. The number of nitrogens with one attached hydrogen (secondary N) is 1. The monoisotopic (exact) mass is 571 g/mol. The van der Waals surface area contributed by atoms with E-state index in [-0.39, 0.29) is 21.5 Å². The van der Waals surface area contributed by atoms with Crippen molar-refractivity contribution >= 4 is 49.4 Å². The molecule has 0 aliphatic carbocycles. The number of ether oxygens (including phenoxy) is 1. The van der Waals surface area contributed by atoms with Gasteiger partial charge >= 0.3 is 10.1 Å². The van der Waals surface area contributed by atoms with Crippen molar-refractivity contribution in [1.29, 1.82) is 5.26 Å². The third-order valence-corrected chi connectivity index (χ3v) is 6.64. The van der Waals surface area contributed by atoms with Gasteiger partial charge in [-0.2, -0.15) is 13.7 Å². The highest BCUT2D eigenvalue weighted by atomic mass is 79.9. The third kappa shape index (κ3) is 6.07. The van der Waals surface area contributed by atoms with Gasteiger partial charge in [-0.05, 0) is 64.3 Å². The van der Waals surface area contributed by atoms with Gasteiger partial charge in [0.2, 0.25) is 0 Å². The number of hydrogen-bond donors (Lipinski definition) is 1. The first kappa shape index (κ1) is 26.4. The smallest absolute Gasteiger partial charge is 0.339 e. The Morgan fingerprint density at radius 1 is 1.17 bits per heavy atom. The minimum absolute atomic E-state index is 0.0266. The molecule has 0 bridgehead atoms. The highest BCUT2D eigenvalue weighted by Crippen LogP contribution is 2.39. The number of carbonyl (C=O) groups is 1. The Morgan fingerprint density at radius 2 is 1.89 bits per heavy atom. The van der Waals surface area contributed by atoms with E-state index in [0.717, 1.165) is 23.8 Å². The molecule has 0 unspecified atom stereocenters. The van der Waals surface area contributed by atoms with Crippen LogP contribution in [0.25, 0.3) is 6.08 Å². The zero-order valence-corrected chi connectivity index (χ0v) is 21.3. The first-order valence-corrected chi connectivity index (χ1v) is 12.3. The summed E-state index contributed by atoms with van der Waals surface area (Å²) in [5, 5.41) is 23.2. The van der Waals surface area contributed by atoms with E-state index < -0.39 is 31.5 Å². The molecular formula is C24H18BrN3O7S.